The van der Waals surface area contributed by atoms with Crippen molar-refractivity contribution in [3.63, 3.8) is 0 Å². The zero-order valence-corrected chi connectivity index (χ0v) is 17.6. The molecule has 1 N–H and O–H groups in total. The highest BCUT2D eigenvalue weighted by Crippen LogP contribution is 2.49. The van der Waals surface area contributed by atoms with Crippen molar-refractivity contribution in [1.29, 1.82) is 0 Å². The van der Waals surface area contributed by atoms with Gasteiger partial charge >= 0.3 is 0 Å². The highest BCUT2D eigenvalue weighted by Gasteiger charge is 2.48. The number of amides is 1. The quantitative estimate of drug-likeness (QED) is 0.460. The van der Waals surface area contributed by atoms with Crippen LogP contribution in [0.3, 0.4) is 0 Å². The molecule has 0 aromatic rings. The molecule has 7 heteroatoms. The Kier molecular flexibility index (Phi) is 8.17. The molecule has 2 rings (SSSR count). The van der Waals surface area contributed by atoms with Crippen LogP contribution >= 0.6 is 11.6 Å². The summed E-state index contributed by atoms with van der Waals surface area (Å²) in [6.07, 6.45) is 5.23. The summed E-state index contributed by atoms with van der Waals surface area (Å²) in [5, 5.41) is 2.96. The Bertz CT molecular complexity index is 636. The minimum Gasteiger partial charge on any atom is -0.352 e. The van der Waals surface area contributed by atoms with Gasteiger partial charge in [-0.2, -0.15) is 0 Å². The molecule has 0 saturated heterocycles. The Hall–Kier alpha value is -1.30. The maximum Gasteiger partial charge on any atom is 0.248 e. The van der Waals surface area contributed by atoms with E-state index in [2.05, 4.69) is 10.3 Å². The van der Waals surface area contributed by atoms with Gasteiger partial charge < -0.3 is 5.32 Å². The van der Waals surface area contributed by atoms with Crippen molar-refractivity contribution in [2.24, 2.45) is 16.3 Å². The lowest BCUT2D eigenvalue weighted by Crippen LogP contribution is -2.49. The third-order valence-corrected chi connectivity index (χ3v) is 6.49. The highest BCUT2D eigenvalue weighted by atomic mass is 35.5. The van der Waals surface area contributed by atoms with Gasteiger partial charge in [0.15, 0.2) is 5.78 Å². The fraction of sp³-hybridized carbons (Fsp3) is 0.762. The number of carbonyl (C=O) groups is 2. The summed E-state index contributed by atoms with van der Waals surface area (Å²) >= 11 is 5.91. The Morgan fingerprint density at radius 1 is 1.29 bits per heavy atom. The minimum atomic E-state index is -2.64. The van der Waals surface area contributed by atoms with E-state index in [0.717, 1.165) is 19.3 Å². The van der Waals surface area contributed by atoms with Gasteiger partial charge in [-0.15, -0.1) is 11.6 Å². The van der Waals surface area contributed by atoms with Gasteiger partial charge in [-0.05, 0) is 43.4 Å². The number of nitrogens with zero attached hydrogens (tertiary/aromatic N) is 1. The molecule has 4 nitrogen and oxygen atoms in total. The minimum absolute atomic E-state index is 0.0243. The molecule has 0 spiro atoms. The molecule has 1 saturated carbocycles. The Balaban J connectivity index is 2.12. The van der Waals surface area contributed by atoms with Gasteiger partial charge in [0.05, 0.1) is 11.6 Å². The van der Waals surface area contributed by atoms with E-state index >= 15 is 0 Å². The Morgan fingerprint density at radius 3 is 2.46 bits per heavy atom. The van der Waals surface area contributed by atoms with Crippen molar-refractivity contribution in [3.8, 4) is 0 Å². The average molecular weight is 417 g/mol. The van der Waals surface area contributed by atoms with Crippen LogP contribution in [-0.2, 0) is 9.59 Å². The summed E-state index contributed by atoms with van der Waals surface area (Å²) < 4.78 is 27.6. The maximum atomic E-state index is 13.8. The molecule has 2 aliphatic rings. The van der Waals surface area contributed by atoms with Gasteiger partial charge in [0, 0.05) is 38.4 Å². The number of halogens is 3. The third-order valence-electron chi connectivity index (χ3n) is 6.20. The molecular weight excluding hydrogens is 386 g/mol. The van der Waals surface area contributed by atoms with Crippen LogP contribution in [0.5, 0.6) is 0 Å². The normalized spacial score (nSPS) is 24.4. The molecular formula is C21H31ClF2N2O2. The first-order valence-corrected chi connectivity index (χ1v) is 10.7. The summed E-state index contributed by atoms with van der Waals surface area (Å²) in [6.45, 7) is 4.34. The topological polar surface area (TPSA) is 58.5 Å². The smallest absolute Gasteiger partial charge is 0.248 e. The Morgan fingerprint density at radius 2 is 1.96 bits per heavy atom. The summed E-state index contributed by atoms with van der Waals surface area (Å²) in [6, 6.07) is 0. The standard InChI is InChI=1S/C21H31ClF2N2O2/c1-3-4-5-16(12-22)19(28)26-14-20(8-10-21(23,24)11-9-20)17-6-7-18(15(2)27)25-13-17/h5,17H,3-4,6-14H2,1-2H3,(H,26,28). The van der Waals surface area contributed by atoms with E-state index in [1.807, 2.05) is 13.0 Å². The van der Waals surface area contributed by atoms with E-state index in [4.69, 9.17) is 11.6 Å². The van der Waals surface area contributed by atoms with Gasteiger partial charge in [-0.25, -0.2) is 8.78 Å². The largest absolute Gasteiger partial charge is 0.352 e. The van der Waals surface area contributed by atoms with Gasteiger partial charge in [0.2, 0.25) is 11.8 Å². The predicted molar refractivity (Wildman–Crippen MR) is 108 cm³/mol. The molecule has 0 aromatic carbocycles. The van der Waals surface area contributed by atoms with E-state index in [-0.39, 0.29) is 36.3 Å². The van der Waals surface area contributed by atoms with Crippen molar-refractivity contribution >= 4 is 29.0 Å². The molecule has 1 aliphatic carbocycles. The average Bonchev–Trinajstić information content (AvgIpc) is 2.68. The summed E-state index contributed by atoms with van der Waals surface area (Å²) in [4.78, 5) is 28.5. The molecule has 1 atom stereocenters. The van der Waals surface area contributed by atoms with Crippen LogP contribution in [0, 0.1) is 11.3 Å². The first-order valence-electron chi connectivity index (χ1n) is 10.2. The fourth-order valence-corrected chi connectivity index (χ4v) is 4.46. The number of hydrogen-bond acceptors (Lipinski definition) is 3. The number of nitrogens with one attached hydrogen (secondary N) is 1. The molecule has 1 aliphatic heterocycles. The zero-order chi connectivity index (χ0) is 20.8. The molecule has 158 valence electrons. The van der Waals surface area contributed by atoms with Crippen LogP contribution in [0.2, 0.25) is 0 Å². The molecule has 1 fully saturated rings. The van der Waals surface area contributed by atoms with E-state index < -0.39 is 11.3 Å². The number of alkyl halides is 3. The number of unbranched alkanes of at least 4 members (excludes halogenated alkanes) is 1. The van der Waals surface area contributed by atoms with Crippen molar-refractivity contribution in [1.82, 2.24) is 5.32 Å². The van der Waals surface area contributed by atoms with E-state index in [0.29, 0.717) is 43.6 Å². The molecule has 0 bridgehead atoms. The van der Waals surface area contributed by atoms with Crippen molar-refractivity contribution in [2.45, 2.75) is 71.1 Å². The van der Waals surface area contributed by atoms with Gasteiger partial charge in [0.1, 0.15) is 0 Å². The number of Topliss-reactive ketones (excluding diaryl/α,β-unsaturated/α-hetero) is 1. The zero-order valence-electron chi connectivity index (χ0n) is 16.8. The third kappa shape index (κ3) is 5.85. The highest BCUT2D eigenvalue weighted by molar-refractivity contribution is 6.39. The Labute approximate surface area is 171 Å². The molecule has 1 heterocycles. The van der Waals surface area contributed by atoms with Crippen molar-refractivity contribution in [2.75, 3.05) is 19.0 Å². The molecule has 28 heavy (non-hydrogen) atoms. The van der Waals surface area contributed by atoms with Crippen LogP contribution in [0.4, 0.5) is 8.78 Å². The molecule has 1 unspecified atom stereocenters. The van der Waals surface area contributed by atoms with Gasteiger partial charge in [-0.3, -0.25) is 14.6 Å². The first kappa shape index (κ1) is 23.0. The van der Waals surface area contributed by atoms with Crippen molar-refractivity contribution in [3.05, 3.63) is 11.6 Å². The van der Waals surface area contributed by atoms with E-state index in [1.165, 1.54) is 6.92 Å². The first-order chi connectivity index (χ1) is 13.2. The number of ketones is 1. The van der Waals surface area contributed by atoms with E-state index in [1.54, 1.807) is 0 Å². The lowest BCUT2D eigenvalue weighted by atomic mass is 9.63. The number of rotatable bonds is 8. The van der Waals surface area contributed by atoms with Crippen LogP contribution in [0.15, 0.2) is 16.6 Å². The predicted octanol–water partition coefficient (Wildman–Crippen LogP) is 4.70. The van der Waals surface area contributed by atoms with Crippen LogP contribution in [-0.4, -0.2) is 42.3 Å². The number of allylic oxidation sites excluding steroid dienone is 1. The second kappa shape index (κ2) is 9.95. The lowest BCUT2D eigenvalue weighted by molar-refractivity contribution is -0.119. The summed E-state index contributed by atoms with van der Waals surface area (Å²) in [5.74, 6) is -2.66. The number of hydrogen-bond donors (Lipinski definition) is 1. The number of carbonyl (C=O) groups excluding carboxylic acids is 2. The summed E-state index contributed by atoms with van der Waals surface area (Å²) in [7, 11) is 0. The molecule has 0 aromatic heterocycles. The molecule has 0 radical (unpaired) electrons. The molecule has 1 amide bonds. The van der Waals surface area contributed by atoms with Crippen molar-refractivity contribution < 1.29 is 18.4 Å². The summed E-state index contributed by atoms with van der Waals surface area (Å²) in [5.41, 5.74) is 0.703. The van der Waals surface area contributed by atoms with Crippen LogP contribution < -0.4 is 5.32 Å². The fourth-order valence-electron chi connectivity index (χ4n) is 4.23. The van der Waals surface area contributed by atoms with Gasteiger partial charge in [0.25, 0.3) is 0 Å². The lowest BCUT2D eigenvalue weighted by Gasteiger charge is -2.46. The van der Waals surface area contributed by atoms with Gasteiger partial charge in [-0.1, -0.05) is 19.4 Å². The van der Waals surface area contributed by atoms with Crippen LogP contribution in [0.25, 0.3) is 0 Å². The second-order valence-corrected chi connectivity index (χ2v) is 8.40. The SMILES string of the molecule is CCCC=C(CCl)C(=O)NCC1(C2CCC(C(C)=O)=NC2)CCC(F)(F)CC1. The van der Waals surface area contributed by atoms with Crippen LogP contribution in [0.1, 0.15) is 65.2 Å². The monoisotopic (exact) mass is 416 g/mol. The second-order valence-electron chi connectivity index (χ2n) is 8.13. The number of aliphatic imine (C=N–C) groups is 1. The van der Waals surface area contributed by atoms with E-state index in [9.17, 15) is 18.4 Å². The maximum absolute atomic E-state index is 13.8.